The summed E-state index contributed by atoms with van der Waals surface area (Å²) in [6.07, 6.45) is 3.75. The minimum atomic E-state index is -0.977. The molecule has 0 radical (unpaired) electrons. The Morgan fingerprint density at radius 3 is 2.76 bits per heavy atom. The summed E-state index contributed by atoms with van der Waals surface area (Å²) in [5, 5.41) is 9.67. The van der Waals surface area contributed by atoms with E-state index in [2.05, 4.69) is 6.58 Å². The third-order valence-electron chi connectivity index (χ3n) is 5.62. The first kappa shape index (κ1) is 16.1. The summed E-state index contributed by atoms with van der Waals surface area (Å²) in [4.78, 5) is 26.9. The van der Waals surface area contributed by atoms with Crippen molar-refractivity contribution in [2.24, 2.45) is 11.8 Å². The molecule has 1 spiro atoms. The van der Waals surface area contributed by atoms with Gasteiger partial charge in [0.25, 0.3) is 0 Å². The highest BCUT2D eigenvalue weighted by Gasteiger charge is 2.71. The summed E-state index contributed by atoms with van der Waals surface area (Å²) in [6, 6.07) is 7.39. The van der Waals surface area contributed by atoms with E-state index in [-0.39, 0.29) is 11.9 Å². The number of hydrogen-bond donors (Lipinski definition) is 1. The van der Waals surface area contributed by atoms with E-state index in [4.69, 9.17) is 4.74 Å². The number of rotatable bonds is 4. The van der Waals surface area contributed by atoms with Crippen LogP contribution in [0.1, 0.15) is 18.9 Å². The van der Waals surface area contributed by atoms with Gasteiger partial charge in [-0.2, -0.15) is 0 Å². The summed E-state index contributed by atoms with van der Waals surface area (Å²) in [6.45, 7) is 7.88. The van der Waals surface area contributed by atoms with Gasteiger partial charge >= 0.3 is 5.97 Å². The number of aliphatic carboxylic acids is 1. The van der Waals surface area contributed by atoms with Gasteiger partial charge in [-0.25, -0.2) is 0 Å². The first-order chi connectivity index (χ1) is 11.9. The highest BCUT2D eigenvalue weighted by molar-refractivity contribution is 6.03. The van der Waals surface area contributed by atoms with Crippen molar-refractivity contribution in [3.63, 3.8) is 0 Å². The zero-order valence-corrected chi connectivity index (χ0v) is 14.3. The lowest BCUT2D eigenvalue weighted by atomic mass is 9.74. The van der Waals surface area contributed by atoms with Crippen molar-refractivity contribution >= 4 is 17.6 Å². The lowest BCUT2D eigenvalue weighted by molar-refractivity contribution is -0.146. The van der Waals surface area contributed by atoms with Gasteiger partial charge < -0.3 is 14.7 Å². The molecular formula is C20H21NO4. The average Bonchev–Trinajstić information content (AvgIpc) is 3.18. The standard InChI is InChI=1S/C20H21NO4/c1-11(2)10-15-20-9-8-14(25-20)16(19(23)24)17(20)18(22)21(15)13-7-5-4-6-12(13)3/h4-9,14-17H,1,10H2,2-3H3,(H,23,24)/t14-,15?,16?,17-,20+/m0/s1. The summed E-state index contributed by atoms with van der Waals surface area (Å²) in [5.74, 6) is -2.67. The lowest BCUT2D eigenvalue weighted by Gasteiger charge is -2.34. The molecule has 2 unspecified atom stereocenters. The number of aryl methyl sites for hydroxylation is 1. The van der Waals surface area contributed by atoms with E-state index in [1.165, 1.54) is 0 Å². The van der Waals surface area contributed by atoms with Crippen LogP contribution in [0.2, 0.25) is 0 Å². The fraction of sp³-hybridized carbons (Fsp3) is 0.400. The van der Waals surface area contributed by atoms with Crippen LogP contribution in [0, 0.1) is 18.8 Å². The molecule has 2 fully saturated rings. The number of fused-ring (bicyclic) bond motifs is 1. The zero-order chi connectivity index (χ0) is 17.9. The number of para-hydroxylation sites is 1. The van der Waals surface area contributed by atoms with Crippen LogP contribution < -0.4 is 4.90 Å². The number of carboxylic acids is 1. The van der Waals surface area contributed by atoms with Gasteiger partial charge in [-0.3, -0.25) is 9.59 Å². The molecule has 1 N–H and O–H groups in total. The highest BCUT2D eigenvalue weighted by Crippen LogP contribution is 2.57. The van der Waals surface area contributed by atoms with Crippen LogP contribution in [0.3, 0.4) is 0 Å². The van der Waals surface area contributed by atoms with Gasteiger partial charge in [0, 0.05) is 5.69 Å². The van der Waals surface area contributed by atoms with Gasteiger partial charge in [0.15, 0.2) is 0 Å². The molecule has 2 bridgehead atoms. The Labute approximate surface area is 146 Å². The van der Waals surface area contributed by atoms with Crippen LogP contribution in [0.5, 0.6) is 0 Å². The maximum atomic E-state index is 13.4. The number of carboxylic acid groups (broad SMARTS) is 1. The van der Waals surface area contributed by atoms with Gasteiger partial charge in [0.2, 0.25) is 5.91 Å². The Balaban J connectivity index is 1.87. The molecule has 5 heteroatoms. The predicted molar refractivity (Wildman–Crippen MR) is 93.2 cm³/mol. The van der Waals surface area contributed by atoms with Crippen LogP contribution in [-0.4, -0.2) is 34.7 Å². The molecule has 3 aliphatic rings. The largest absolute Gasteiger partial charge is 0.481 e. The highest BCUT2D eigenvalue weighted by atomic mass is 16.5. The van der Waals surface area contributed by atoms with Crippen LogP contribution in [0.4, 0.5) is 5.69 Å². The number of amides is 1. The average molecular weight is 339 g/mol. The molecule has 130 valence electrons. The van der Waals surface area contributed by atoms with E-state index < -0.39 is 29.5 Å². The molecule has 0 aliphatic carbocycles. The first-order valence-electron chi connectivity index (χ1n) is 8.50. The van der Waals surface area contributed by atoms with E-state index in [1.807, 2.05) is 44.2 Å². The van der Waals surface area contributed by atoms with E-state index >= 15 is 0 Å². The van der Waals surface area contributed by atoms with E-state index in [1.54, 1.807) is 11.0 Å². The third kappa shape index (κ3) is 2.05. The molecule has 0 saturated carbocycles. The lowest BCUT2D eigenvalue weighted by Crippen LogP contribution is -2.45. The maximum Gasteiger partial charge on any atom is 0.310 e. The van der Waals surface area contributed by atoms with Gasteiger partial charge in [-0.15, -0.1) is 6.58 Å². The van der Waals surface area contributed by atoms with E-state index in [0.717, 1.165) is 16.8 Å². The second-order valence-corrected chi connectivity index (χ2v) is 7.31. The summed E-state index contributed by atoms with van der Waals surface area (Å²) < 4.78 is 6.14. The molecule has 0 aromatic heterocycles. The van der Waals surface area contributed by atoms with Gasteiger partial charge in [-0.1, -0.05) is 35.9 Å². The fourth-order valence-corrected chi connectivity index (χ4v) is 4.63. The Morgan fingerprint density at radius 2 is 2.12 bits per heavy atom. The Kier molecular flexibility index (Phi) is 3.41. The van der Waals surface area contributed by atoms with Gasteiger partial charge in [0.1, 0.15) is 11.5 Å². The predicted octanol–water partition coefficient (Wildman–Crippen LogP) is 2.70. The van der Waals surface area contributed by atoms with Crippen LogP contribution in [-0.2, 0) is 14.3 Å². The fourth-order valence-electron chi connectivity index (χ4n) is 4.63. The van der Waals surface area contributed by atoms with Crippen molar-refractivity contribution in [1.29, 1.82) is 0 Å². The molecule has 1 amide bonds. The number of hydrogen-bond acceptors (Lipinski definition) is 3. The molecule has 4 rings (SSSR count). The minimum Gasteiger partial charge on any atom is -0.481 e. The van der Waals surface area contributed by atoms with Crippen molar-refractivity contribution in [1.82, 2.24) is 0 Å². The van der Waals surface area contributed by atoms with Crippen molar-refractivity contribution in [2.75, 3.05) is 4.90 Å². The minimum absolute atomic E-state index is 0.167. The number of carbonyl (C=O) groups is 2. The second-order valence-electron chi connectivity index (χ2n) is 7.31. The van der Waals surface area contributed by atoms with Crippen LogP contribution >= 0.6 is 0 Å². The Hall–Kier alpha value is -2.40. The third-order valence-corrected chi connectivity index (χ3v) is 5.62. The molecule has 3 heterocycles. The van der Waals surface area contributed by atoms with Crippen molar-refractivity contribution < 1.29 is 19.4 Å². The quantitative estimate of drug-likeness (QED) is 0.857. The van der Waals surface area contributed by atoms with Crippen molar-refractivity contribution in [2.45, 2.75) is 38.0 Å². The number of carbonyl (C=O) groups excluding carboxylic acids is 1. The van der Waals surface area contributed by atoms with Crippen LogP contribution in [0.15, 0.2) is 48.6 Å². The molecule has 5 atom stereocenters. The van der Waals surface area contributed by atoms with Gasteiger partial charge in [-0.05, 0) is 31.9 Å². The summed E-state index contributed by atoms with van der Waals surface area (Å²) in [5.41, 5.74) is 1.84. The van der Waals surface area contributed by atoms with Crippen LogP contribution in [0.25, 0.3) is 0 Å². The number of ether oxygens (including phenoxy) is 1. The topological polar surface area (TPSA) is 66.8 Å². The molecule has 2 saturated heterocycles. The number of benzene rings is 1. The molecule has 1 aromatic carbocycles. The summed E-state index contributed by atoms with van der Waals surface area (Å²) in [7, 11) is 0. The SMILES string of the molecule is C=C(C)CC1N(c2ccccc2C)C(=O)[C@@H]2C(C(=O)O)[C@@H]3C=C[C@@]12O3. The molecule has 3 aliphatic heterocycles. The van der Waals surface area contributed by atoms with Crippen molar-refractivity contribution in [3.8, 4) is 0 Å². The van der Waals surface area contributed by atoms with Crippen molar-refractivity contribution in [3.05, 3.63) is 54.1 Å². The Bertz CT molecular complexity index is 814. The molecule has 25 heavy (non-hydrogen) atoms. The zero-order valence-electron chi connectivity index (χ0n) is 14.3. The second kappa shape index (κ2) is 5.30. The number of anilines is 1. The normalized spacial score (nSPS) is 35.3. The van der Waals surface area contributed by atoms with E-state index in [9.17, 15) is 14.7 Å². The molecule has 5 nitrogen and oxygen atoms in total. The summed E-state index contributed by atoms with van der Waals surface area (Å²) >= 11 is 0. The van der Waals surface area contributed by atoms with E-state index in [0.29, 0.717) is 6.42 Å². The molecular weight excluding hydrogens is 318 g/mol. The maximum absolute atomic E-state index is 13.4. The monoisotopic (exact) mass is 339 g/mol. The number of nitrogens with zero attached hydrogens (tertiary/aromatic N) is 1. The first-order valence-corrected chi connectivity index (χ1v) is 8.50. The Morgan fingerprint density at radius 1 is 1.40 bits per heavy atom. The van der Waals surface area contributed by atoms with Gasteiger partial charge in [0.05, 0.1) is 18.1 Å². The smallest absolute Gasteiger partial charge is 0.310 e. The molecule has 1 aromatic rings.